The highest BCUT2D eigenvalue weighted by Crippen LogP contribution is 2.23. The highest BCUT2D eigenvalue weighted by atomic mass is 16.7. The fourth-order valence-corrected chi connectivity index (χ4v) is 8.30. The Hall–Kier alpha value is -1.85. The Kier molecular flexibility index (Phi) is 42.3. The lowest BCUT2D eigenvalue weighted by atomic mass is 9.99. The van der Waals surface area contributed by atoms with Gasteiger partial charge in [-0.15, -0.1) is 0 Å². The molecule has 1 amide bonds. The first-order valence-electron chi connectivity index (χ1n) is 26.9. The SMILES string of the molecule is CCCCCC/C=C/CC/C=C/CC/C=C/C(O)C(COC1OC(CO)C(O)C(O)C1O)NC(=O)CCCCCCCCCCCCC/C=C\CCCCCCCCCCCCCC. The van der Waals surface area contributed by atoms with Crippen LogP contribution < -0.4 is 5.32 Å². The minimum absolute atomic E-state index is 0.192. The zero-order valence-electron chi connectivity index (χ0n) is 41.3. The van der Waals surface area contributed by atoms with Crippen molar-refractivity contribution in [1.29, 1.82) is 0 Å². The van der Waals surface area contributed by atoms with E-state index < -0.39 is 49.5 Å². The number of carbonyl (C=O) groups excluding carboxylic acids is 1. The molecule has 7 unspecified atom stereocenters. The molecular weight excluding hydrogens is 803 g/mol. The normalized spacial score (nSPS) is 20.4. The average Bonchev–Trinajstić information content (AvgIpc) is 3.29. The van der Waals surface area contributed by atoms with Crippen LogP contribution in [0.3, 0.4) is 0 Å². The van der Waals surface area contributed by atoms with E-state index in [2.05, 4.69) is 55.6 Å². The summed E-state index contributed by atoms with van der Waals surface area (Å²) in [7, 11) is 0. The third kappa shape index (κ3) is 34.5. The van der Waals surface area contributed by atoms with E-state index in [0.29, 0.717) is 6.42 Å². The van der Waals surface area contributed by atoms with E-state index in [9.17, 15) is 30.3 Å². The summed E-state index contributed by atoms with van der Waals surface area (Å²) in [6, 6.07) is -0.828. The highest BCUT2D eigenvalue weighted by Gasteiger charge is 2.44. The van der Waals surface area contributed by atoms with Gasteiger partial charge in [-0.05, 0) is 70.6 Å². The Labute approximate surface area is 393 Å². The van der Waals surface area contributed by atoms with Crippen LogP contribution in [0.2, 0.25) is 0 Å². The van der Waals surface area contributed by atoms with Crippen LogP contribution in [-0.2, 0) is 14.3 Å². The molecule has 1 rings (SSSR count). The van der Waals surface area contributed by atoms with E-state index in [-0.39, 0.29) is 12.5 Å². The predicted octanol–water partition coefficient (Wildman–Crippen LogP) is 12.6. The molecule has 1 saturated heterocycles. The fraction of sp³-hybridized carbons (Fsp3) is 0.836. The first-order valence-corrected chi connectivity index (χ1v) is 26.9. The van der Waals surface area contributed by atoms with Gasteiger partial charge in [0.2, 0.25) is 5.91 Å². The van der Waals surface area contributed by atoms with Crippen molar-refractivity contribution in [3.05, 3.63) is 48.6 Å². The molecule has 0 aromatic rings. The second-order valence-corrected chi connectivity index (χ2v) is 18.6. The van der Waals surface area contributed by atoms with Gasteiger partial charge in [0.05, 0.1) is 25.4 Å². The minimum atomic E-state index is -1.57. The third-order valence-corrected chi connectivity index (χ3v) is 12.6. The first-order chi connectivity index (χ1) is 31.3. The molecule has 0 aromatic heterocycles. The molecule has 1 aliphatic heterocycles. The number of aliphatic hydroxyl groups excluding tert-OH is 5. The Bertz CT molecular complexity index is 1140. The van der Waals surface area contributed by atoms with Crippen molar-refractivity contribution in [2.45, 2.75) is 281 Å². The molecule has 6 N–H and O–H groups in total. The molecule has 0 spiro atoms. The van der Waals surface area contributed by atoms with Crippen LogP contribution in [0.4, 0.5) is 0 Å². The smallest absolute Gasteiger partial charge is 0.220 e. The summed E-state index contributed by atoms with van der Waals surface area (Å²) in [4.78, 5) is 13.0. The molecule has 1 fully saturated rings. The third-order valence-electron chi connectivity index (χ3n) is 12.6. The summed E-state index contributed by atoms with van der Waals surface area (Å²) in [6.07, 6.45) is 51.8. The maximum atomic E-state index is 13.0. The van der Waals surface area contributed by atoms with Gasteiger partial charge in [-0.2, -0.15) is 0 Å². The second-order valence-electron chi connectivity index (χ2n) is 18.6. The number of nitrogens with one attached hydrogen (secondary N) is 1. The molecule has 1 aliphatic rings. The monoisotopic (exact) mass is 904 g/mol. The Morgan fingerprint density at radius 3 is 1.33 bits per heavy atom. The van der Waals surface area contributed by atoms with Crippen molar-refractivity contribution in [3.8, 4) is 0 Å². The number of hydrogen-bond acceptors (Lipinski definition) is 8. The number of carbonyl (C=O) groups is 1. The van der Waals surface area contributed by atoms with Crippen molar-refractivity contribution in [2.75, 3.05) is 13.2 Å². The molecule has 64 heavy (non-hydrogen) atoms. The molecule has 0 saturated carbocycles. The van der Waals surface area contributed by atoms with Crippen molar-refractivity contribution in [1.82, 2.24) is 5.32 Å². The number of allylic oxidation sites excluding steroid dienone is 7. The summed E-state index contributed by atoms with van der Waals surface area (Å²) < 4.78 is 11.2. The lowest BCUT2D eigenvalue weighted by Crippen LogP contribution is -2.60. The number of hydrogen-bond donors (Lipinski definition) is 6. The van der Waals surface area contributed by atoms with Gasteiger partial charge in [0.1, 0.15) is 24.4 Å². The minimum Gasteiger partial charge on any atom is -0.394 e. The van der Waals surface area contributed by atoms with Gasteiger partial charge in [-0.3, -0.25) is 4.79 Å². The molecule has 0 radical (unpaired) electrons. The molecule has 9 nitrogen and oxygen atoms in total. The molecule has 1 heterocycles. The van der Waals surface area contributed by atoms with Gasteiger partial charge in [0.25, 0.3) is 0 Å². The van der Waals surface area contributed by atoms with Crippen LogP contribution in [0.1, 0.15) is 239 Å². The van der Waals surface area contributed by atoms with Gasteiger partial charge < -0.3 is 40.3 Å². The van der Waals surface area contributed by atoms with E-state index in [1.54, 1.807) is 6.08 Å². The van der Waals surface area contributed by atoms with E-state index in [1.807, 2.05) is 6.08 Å². The van der Waals surface area contributed by atoms with Gasteiger partial charge in [-0.25, -0.2) is 0 Å². The number of aliphatic hydroxyl groups is 5. The standard InChI is InChI=1S/C55H101NO8/c1-3-5-7-9-11-13-15-17-19-20-21-22-23-24-25-26-27-28-29-30-31-33-35-37-39-41-43-45-51(59)56-48(47-63-55-54(62)53(61)52(60)50(46-57)64-55)49(58)44-42-40-38-36-34-32-18-16-14-12-10-8-6-4-2/h14,16,24-25,34,36,42,44,48-50,52-55,57-58,60-62H,3-13,15,17-23,26-33,35,37-41,43,45-47H2,1-2H3,(H,56,59)/b16-14+,25-24-,36-34+,44-42+. The van der Waals surface area contributed by atoms with E-state index >= 15 is 0 Å². The summed E-state index contributed by atoms with van der Waals surface area (Å²) in [5.74, 6) is -0.192. The summed E-state index contributed by atoms with van der Waals surface area (Å²) >= 11 is 0. The van der Waals surface area contributed by atoms with Gasteiger partial charge in [-0.1, -0.05) is 210 Å². The second kappa shape index (κ2) is 45.0. The molecular formula is C55H101NO8. The largest absolute Gasteiger partial charge is 0.394 e. The summed E-state index contributed by atoms with van der Waals surface area (Å²) in [5, 5.41) is 54.3. The topological polar surface area (TPSA) is 149 Å². The number of ether oxygens (including phenoxy) is 2. The first kappa shape index (κ1) is 60.2. The number of amides is 1. The van der Waals surface area contributed by atoms with Gasteiger partial charge in [0.15, 0.2) is 6.29 Å². The highest BCUT2D eigenvalue weighted by molar-refractivity contribution is 5.76. The van der Waals surface area contributed by atoms with Crippen molar-refractivity contribution in [3.63, 3.8) is 0 Å². The zero-order valence-corrected chi connectivity index (χ0v) is 41.3. The van der Waals surface area contributed by atoms with Gasteiger partial charge >= 0.3 is 0 Å². The van der Waals surface area contributed by atoms with E-state index in [0.717, 1.165) is 51.4 Å². The molecule has 0 aromatic carbocycles. The molecule has 9 heteroatoms. The molecule has 0 aliphatic carbocycles. The zero-order chi connectivity index (χ0) is 46.6. The molecule has 0 bridgehead atoms. The van der Waals surface area contributed by atoms with Crippen molar-refractivity contribution in [2.24, 2.45) is 0 Å². The van der Waals surface area contributed by atoms with Crippen LogP contribution in [0.25, 0.3) is 0 Å². The van der Waals surface area contributed by atoms with Crippen LogP contribution in [0, 0.1) is 0 Å². The Morgan fingerprint density at radius 1 is 0.516 bits per heavy atom. The van der Waals surface area contributed by atoms with Crippen LogP contribution in [0.5, 0.6) is 0 Å². The maximum absolute atomic E-state index is 13.0. The van der Waals surface area contributed by atoms with E-state index in [4.69, 9.17) is 9.47 Å². The lowest BCUT2D eigenvalue weighted by molar-refractivity contribution is -0.302. The van der Waals surface area contributed by atoms with Crippen LogP contribution in [0.15, 0.2) is 48.6 Å². The number of unbranched alkanes of at least 4 members (excludes halogenated alkanes) is 29. The predicted molar refractivity (Wildman–Crippen MR) is 267 cm³/mol. The summed E-state index contributed by atoms with van der Waals surface area (Å²) in [6.45, 7) is 3.74. The molecule has 374 valence electrons. The van der Waals surface area contributed by atoms with Gasteiger partial charge in [0, 0.05) is 6.42 Å². The average molecular weight is 904 g/mol. The van der Waals surface area contributed by atoms with Crippen LogP contribution in [-0.4, -0.2) is 87.5 Å². The van der Waals surface area contributed by atoms with Crippen molar-refractivity contribution >= 4 is 5.91 Å². The fourth-order valence-electron chi connectivity index (χ4n) is 8.30. The van der Waals surface area contributed by atoms with Crippen molar-refractivity contribution < 1.29 is 39.8 Å². The summed E-state index contributed by atoms with van der Waals surface area (Å²) in [5.41, 5.74) is 0. The number of rotatable bonds is 45. The Morgan fingerprint density at radius 2 is 0.891 bits per heavy atom. The molecule has 7 atom stereocenters. The quantitative estimate of drug-likeness (QED) is 0.0261. The van der Waals surface area contributed by atoms with E-state index in [1.165, 1.54) is 167 Å². The van der Waals surface area contributed by atoms with Crippen LogP contribution >= 0.6 is 0 Å². The Balaban J connectivity index is 2.22. The maximum Gasteiger partial charge on any atom is 0.220 e. The lowest BCUT2D eigenvalue weighted by Gasteiger charge is -2.40.